The van der Waals surface area contributed by atoms with Gasteiger partial charge in [0.05, 0.1) is 18.2 Å². The van der Waals surface area contributed by atoms with Crippen molar-refractivity contribution in [2.45, 2.75) is 25.7 Å². The molecule has 4 heteroatoms. The number of carbonyl (C=O) groups is 1. The van der Waals surface area contributed by atoms with Gasteiger partial charge < -0.3 is 9.47 Å². The maximum Gasteiger partial charge on any atom is 0.175 e. The third-order valence-corrected chi connectivity index (χ3v) is 3.92. The topological polar surface area (TPSA) is 35.5 Å². The molecule has 0 bridgehead atoms. The fraction of sp³-hybridized carbons (Fsp3) is 0.500. The van der Waals surface area contributed by atoms with E-state index < -0.39 is 0 Å². The van der Waals surface area contributed by atoms with Crippen LogP contribution in [0.15, 0.2) is 16.6 Å². The van der Waals surface area contributed by atoms with Gasteiger partial charge in [-0.1, -0.05) is 12.8 Å². The Labute approximate surface area is 116 Å². The van der Waals surface area contributed by atoms with Crippen LogP contribution in [0.2, 0.25) is 0 Å². The highest BCUT2D eigenvalue weighted by molar-refractivity contribution is 9.10. The van der Waals surface area contributed by atoms with E-state index >= 15 is 0 Å². The fourth-order valence-corrected chi connectivity index (χ4v) is 2.90. The number of methoxy groups -OCH3 is 1. The largest absolute Gasteiger partial charge is 0.493 e. The molecule has 0 heterocycles. The molecule has 0 aromatic heterocycles. The van der Waals surface area contributed by atoms with Crippen LogP contribution < -0.4 is 9.47 Å². The van der Waals surface area contributed by atoms with Crippen molar-refractivity contribution in [1.82, 2.24) is 0 Å². The van der Waals surface area contributed by atoms with E-state index in [1.165, 1.54) is 25.7 Å². The van der Waals surface area contributed by atoms with Gasteiger partial charge in [-0.2, -0.15) is 0 Å². The second-order valence-electron chi connectivity index (χ2n) is 4.61. The molecule has 18 heavy (non-hydrogen) atoms. The fourth-order valence-electron chi connectivity index (χ4n) is 2.33. The lowest BCUT2D eigenvalue weighted by Gasteiger charge is -2.15. The molecule has 1 aromatic carbocycles. The first-order chi connectivity index (χ1) is 8.74. The van der Waals surface area contributed by atoms with Crippen LogP contribution in [0.25, 0.3) is 0 Å². The van der Waals surface area contributed by atoms with Gasteiger partial charge in [-0.05, 0) is 46.8 Å². The zero-order chi connectivity index (χ0) is 13.0. The highest BCUT2D eigenvalue weighted by atomic mass is 79.9. The predicted molar refractivity (Wildman–Crippen MR) is 73.5 cm³/mol. The smallest absolute Gasteiger partial charge is 0.175 e. The average Bonchev–Trinajstić information content (AvgIpc) is 2.89. The summed E-state index contributed by atoms with van der Waals surface area (Å²) in [7, 11) is 1.58. The molecule has 1 aliphatic rings. The van der Waals surface area contributed by atoms with Crippen LogP contribution in [0.3, 0.4) is 0 Å². The van der Waals surface area contributed by atoms with Crippen LogP contribution in [0.1, 0.15) is 36.0 Å². The van der Waals surface area contributed by atoms with Crippen molar-refractivity contribution in [2.75, 3.05) is 13.7 Å². The maximum absolute atomic E-state index is 10.8. The molecule has 0 spiro atoms. The average molecular weight is 313 g/mol. The number of carbonyl (C=O) groups excluding carboxylic acids is 1. The van der Waals surface area contributed by atoms with Gasteiger partial charge in [0.1, 0.15) is 6.29 Å². The van der Waals surface area contributed by atoms with E-state index in [0.29, 0.717) is 23.0 Å². The van der Waals surface area contributed by atoms with E-state index in [1.807, 2.05) is 0 Å². The summed E-state index contributed by atoms with van der Waals surface area (Å²) >= 11 is 3.43. The normalized spacial score (nSPS) is 15.7. The van der Waals surface area contributed by atoms with Crippen LogP contribution in [-0.4, -0.2) is 20.0 Å². The summed E-state index contributed by atoms with van der Waals surface area (Å²) in [4.78, 5) is 10.8. The summed E-state index contributed by atoms with van der Waals surface area (Å²) in [5.41, 5.74) is 0.576. The van der Waals surface area contributed by atoms with Gasteiger partial charge in [-0.3, -0.25) is 4.79 Å². The molecule has 0 saturated heterocycles. The number of ether oxygens (including phenoxy) is 2. The first-order valence-electron chi connectivity index (χ1n) is 6.20. The van der Waals surface area contributed by atoms with Gasteiger partial charge in [0, 0.05) is 5.56 Å². The third-order valence-electron chi connectivity index (χ3n) is 3.33. The molecule has 1 saturated carbocycles. The minimum absolute atomic E-state index is 0.576. The Morgan fingerprint density at radius 2 is 2.11 bits per heavy atom. The molecule has 0 N–H and O–H groups in total. The first-order valence-corrected chi connectivity index (χ1v) is 6.99. The molecule has 0 amide bonds. The second kappa shape index (κ2) is 6.23. The molecule has 1 aromatic rings. The molecule has 2 rings (SSSR count). The Morgan fingerprint density at radius 3 is 2.72 bits per heavy atom. The van der Waals surface area contributed by atoms with Crippen molar-refractivity contribution in [2.24, 2.45) is 5.92 Å². The van der Waals surface area contributed by atoms with E-state index in [0.717, 1.165) is 17.4 Å². The van der Waals surface area contributed by atoms with Crippen LogP contribution >= 0.6 is 15.9 Å². The summed E-state index contributed by atoms with van der Waals surface area (Å²) in [6.45, 7) is 0.718. The number of rotatable bonds is 5. The number of hydrogen-bond acceptors (Lipinski definition) is 3. The molecule has 1 fully saturated rings. The summed E-state index contributed by atoms with van der Waals surface area (Å²) in [6.07, 6.45) is 5.89. The van der Waals surface area contributed by atoms with E-state index in [-0.39, 0.29) is 0 Å². The molecular weight excluding hydrogens is 296 g/mol. The van der Waals surface area contributed by atoms with Crippen LogP contribution in [0.5, 0.6) is 11.5 Å². The Bertz CT molecular complexity index is 425. The first kappa shape index (κ1) is 13.4. The van der Waals surface area contributed by atoms with E-state index in [4.69, 9.17) is 9.47 Å². The van der Waals surface area contributed by atoms with Crippen molar-refractivity contribution < 1.29 is 14.3 Å². The van der Waals surface area contributed by atoms with Gasteiger partial charge in [0.2, 0.25) is 0 Å². The molecule has 0 radical (unpaired) electrons. The van der Waals surface area contributed by atoms with Gasteiger partial charge >= 0.3 is 0 Å². The highest BCUT2D eigenvalue weighted by Crippen LogP contribution is 2.37. The van der Waals surface area contributed by atoms with Crippen molar-refractivity contribution >= 4 is 22.2 Å². The Balaban J connectivity index is 2.12. The lowest BCUT2D eigenvalue weighted by atomic mass is 10.1. The van der Waals surface area contributed by atoms with Crippen molar-refractivity contribution in [3.05, 3.63) is 22.2 Å². The molecule has 1 aliphatic carbocycles. The Morgan fingerprint density at radius 1 is 1.39 bits per heavy atom. The molecule has 0 atom stereocenters. The standard InChI is InChI=1S/C14H17BrO3/c1-17-13-7-11(8-16)6-12(15)14(13)18-9-10-4-2-3-5-10/h6-8,10H,2-5,9H2,1H3. The lowest BCUT2D eigenvalue weighted by molar-refractivity contribution is 0.112. The van der Waals surface area contributed by atoms with Crippen LogP contribution in [0, 0.1) is 5.92 Å². The Hall–Kier alpha value is -1.03. The molecule has 3 nitrogen and oxygen atoms in total. The van der Waals surface area contributed by atoms with Crippen molar-refractivity contribution in [3.8, 4) is 11.5 Å². The number of hydrogen-bond donors (Lipinski definition) is 0. The van der Waals surface area contributed by atoms with Gasteiger partial charge in [0.25, 0.3) is 0 Å². The summed E-state index contributed by atoms with van der Waals surface area (Å²) in [6, 6.07) is 3.45. The second-order valence-corrected chi connectivity index (χ2v) is 5.47. The van der Waals surface area contributed by atoms with E-state index in [9.17, 15) is 4.79 Å². The number of halogens is 1. The zero-order valence-electron chi connectivity index (χ0n) is 10.4. The van der Waals surface area contributed by atoms with Crippen LogP contribution in [0.4, 0.5) is 0 Å². The summed E-state index contributed by atoms with van der Waals surface area (Å²) in [5.74, 6) is 1.94. The van der Waals surface area contributed by atoms with Gasteiger partial charge in [0.15, 0.2) is 11.5 Å². The van der Waals surface area contributed by atoms with Crippen LogP contribution in [-0.2, 0) is 0 Å². The lowest BCUT2D eigenvalue weighted by Crippen LogP contribution is -2.09. The predicted octanol–water partition coefficient (Wildman–Crippen LogP) is 3.84. The van der Waals surface area contributed by atoms with Gasteiger partial charge in [-0.25, -0.2) is 0 Å². The van der Waals surface area contributed by atoms with Crippen molar-refractivity contribution in [1.29, 1.82) is 0 Å². The quantitative estimate of drug-likeness (QED) is 0.775. The molecular formula is C14H17BrO3. The number of aldehydes is 1. The third kappa shape index (κ3) is 3.05. The van der Waals surface area contributed by atoms with Gasteiger partial charge in [-0.15, -0.1) is 0 Å². The van der Waals surface area contributed by atoms with E-state index in [2.05, 4.69) is 15.9 Å². The molecule has 0 unspecified atom stereocenters. The molecule has 0 aliphatic heterocycles. The monoisotopic (exact) mass is 312 g/mol. The zero-order valence-corrected chi connectivity index (χ0v) is 12.0. The summed E-state index contributed by atoms with van der Waals surface area (Å²) < 4.78 is 11.9. The molecule has 98 valence electrons. The van der Waals surface area contributed by atoms with Crippen molar-refractivity contribution in [3.63, 3.8) is 0 Å². The summed E-state index contributed by atoms with van der Waals surface area (Å²) in [5, 5.41) is 0. The Kier molecular flexibility index (Phi) is 4.64. The number of benzene rings is 1. The SMILES string of the molecule is COc1cc(C=O)cc(Br)c1OCC1CCCC1. The maximum atomic E-state index is 10.8. The minimum atomic E-state index is 0.576. The minimum Gasteiger partial charge on any atom is -0.493 e. The highest BCUT2D eigenvalue weighted by Gasteiger charge is 2.18. The van der Waals surface area contributed by atoms with E-state index in [1.54, 1.807) is 19.2 Å².